The molecule has 232 valence electrons. The third-order valence-electron chi connectivity index (χ3n) is 8.36. The number of hydrogen-bond acceptors (Lipinski definition) is 5. The highest BCUT2D eigenvalue weighted by molar-refractivity contribution is 6.09. The Morgan fingerprint density at radius 1 is 0.889 bits per heavy atom. The fraction of sp³-hybridized carbons (Fsp3) is 0.342. The molecule has 1 aliphatic heterocycles. The van der Waals surface area contributed by atoms with Crippen LogP contribution in [0.5, 0.6) is 5.75 Å². The van der Waals surface area contributed by atoms with Gasteiger partial charge in [0.15, 0.2) is 5.78 Å². The lowest BCUT2D eigenvalue weighted by atomic mass is 9.93. The molecule has 45 heavy (non-hydrogen) atoms. The summed E-state index contributed by atoms with van der Waals surface area (Å²) in [5, 5.41) is 2.32. The van der Waals surface area contributed by atoms with Crippen LogP contribution in [-0.2, 0) is 17.9 Å². The number of imidazole rings is 1. The number of benzene rings is 4. The van der Waals surface area contributed by atoms with Crippen LogP contribution in [0, 0.1) is 5.92 Å². The Morgan fingerprint density at radius 2 is 1.62 bits per heavy atom. The van der Waals surface area contributed by atoms with Crippen LogP contribution >= 0.6 is 0 Å². The summed E-state index contributed by atoms with van der Waals surface area (Å²) < 4.78 is 14.2. The van der Waals surface area contributed by atoms with Gasteiger partial charge in [-0.25, -0.2) is 9.78 Å². The normalized spacial score (nSPS) is 15.4. The Balaban J connectivity index is 1.18. The largest absolute Gasteiger partial charge is 0.486 e. The maximum atomic E-state index is 13.0. The van der Waals surface area contributed by atoms with Crippen LogP contribution in [0.15, 0.2) is 91.0 Å². The number of likely N-dealkylation sites (tertiary alicyclic amines) is 1. The smallest absolute Gasteiger partial charge is 0.410 e. The van der Waals surface area contributed by atoms with E-state index in [1.807, 2.05) is 80.3 Å². The Kier molecular flexibility index (Phi) is 8.87. The summed E-state index contributed by atoms with van der Waals surface area (Å²) in [6.07, 6.45) is 3.86. The third kappa shape index (κ3) is 7.36. The van der Waals surface area contributed by atoms with Gasteiger partial charge in [0.1, 0.15) is 23.8 Å². The summed E-state index contributed by atoms with van der Waals surface area (Å²) in [6, 6.07) is 29.3. The molecule has 5 aromatic rings. The minimum absolute atomic E-state index is 0.0343. The molecule has 2 heterocycles. The SMILES string of the molecule is CC(C)(C)OC(=O)N1CCCC(CCCn2c(COc3cccc(C(=O)c4ccccc4)c3)nc3cc4ccccc4cc32)C1. The molecule has 0 bridgehead atoms. The lowest BCUT2D eigenvalue weighted by Crippen LogP contribution is -2.42. The molecule has 0 saturated carbocycles. The Hall–Kier alpha value is -4.65. The van der Waals surface area contributed by atoms with E-state index in [0.717, 1.165) is 67.6 Å². The fourth-order valence-corrected chi connectivity index (χ4v) is 6.18. The zero-order valence-electron chi connectivity index (χ0n) is 26.4. The average molecular weight is 604 g/mol. The van der Waals surface area contributed by atoms with Crippen LogP contribution in [0.2, 0.25) is 0 Å². The molecule has 1 unspecified atom stereocenters. The van der Waals surface area contributed by atoms with Crippen molar-refractivity contribution in [1.82, 2.24) is 14.5 Å². The highest BCUT2D eigenvalue weighted by Gasteiger charge is 2.27. The molecule has 7 nitrogen and oxygen atoms in total. The molecule has 0 spiro atoms. The van der Waals surface area contributed by atoms with Crippen molar-refractivity contribution in [2.75, 3.05) is 13.1 Å². The number of piperidine rings is 1. The number of amides is 1. The van der Waals surface area contributed by atoms with Crippen molar-refractivity contribution >= 4 is 33.7 Å². The summed E-state index contributed by atoms with van der Waals surface area (Å²) in [6.45, 7) is 8.29. The lowest BCUT2D eigenvalue weighted by molar-refractivity contribution is 0.0160. The number of carbonyl (C=O) groups is 2. The number of ketones is 1. The number of aryl methyl sites for hydroxylation is 1. The summed E-state index contributed by atoms with van der Waals surface area (Å²) in [7, 11) is 0. The van der Waals surface area contributed by atoms with Gasteiger partial charge in [-0.2, -0.15) is 0 Å². The van der Waals surface area contributed by atoms with Gasteiger partial charge in [0.2, 0.25) is 0 Å². The minimum atomic E-state index is -0.492. The van der Waals surface area contributed by atoms with Gasteiger partial charge in [0, 0.05) is 30.8 Å². The van der Waals surface area contributed by atoms with Gasteiger partial charge >= 0.3 is 6.09 Å². The van der Waals surface area contributed by atoms with Crippen LogP contribution < -0.4 is 4.74 Å². The van der Waals surface area contributed by atoms with Crippen molar-refractivity contribution < 1.29 is 19.1 Å². The molecule has 1 aliphatic rings. The van der Waals surface area contributed by atoms with Gasteiger partial charge in [-0.15, -0.1) is 0 Å². The zero-order valence-corrected chi connectivity index (χ0v) is 26.4. The molecule has 0 radical (unpaired) electrons. The third-order valence-corrected chi connectivity index (χ3v) is 8.36. The number of aromatic nitrogens is 2. The first-order chi connectivity index (χ1) is 21.7. The summed E-state index contributed by atoms with van der Waals surface area (Å²) in [4.78, 5) is 32.6. The van der Waals surface area contributed by atoms with E-state index in [4.69, 9.17) is 14.5 Å². The van der Waals surface area contributed by atoms with E-state index in [9.17, 15) is 9.59 Å². The maximum Gasteiger partial charge on any atom is 0.410 e. The highest BCUT2D eigenvalue weighted by atomic mass is 16.6. The van der Waals surface area contributed by atoms with Gasteiger partial charge in [-0.3, -0.25) is 4.79 Å². The number of fused-ring (bicyclic) bond motifs is 2. The van der Waals surface area contributed by atoms with Crippen LogP contribution in [0.4, 0.5) is 4.79 Å². The van der Waals surface area contributed by atoms with Crippen LogP contribution in [-0.4, -0.2) is 45.0 Å². The fourth-order valence-electron chi connectivity index (χ4n) is 6.18. The summed E-state index contributed by atoms with van der Waals surface area (Å²) >= 11 is 0. The molecule has 0 aliphatic carbocycles. The van der Waals surface area contributed by atoms with Crippen molar-refractivity contribution in [1.29, 1.82) is 0 Å². The second-order valence-electron chi connectivity index (χ2n) is 13.0. The van der Waals surface area contributed by atoms with E-state index in [1.54, 1.807) is 6.07 Å². The molecule has 1 aromatic heterocycles. The quantitative estimate of drug-likeness (QED) is 0.158. The molecular weight excluding hydrogens is 562 g/mol. The van der Waals surface area contributed by atoms with Gasteiger partial charge in [0.05, 0.1) is 11.0 Å². The Labute approximate surface area is 264 Å². The highest BCUT2D eigenvalue weighted by Crippen LogP contribution is 2.28. The van der Waals surface area contributed by atoms with Crippen LogP contribution in [0.25, 0.3) is 21.8 Å². The van der Waals surface area contributed by atoms with Crippen molar-refractivity contribution in [3.63, 3.8) is 0 Å². The predicted octanol–water partition coefficient (Wildman–Crippen LogP) is 8.43. The van der Waals surface area contributed by atoms with Gasteiger partial charge in [0.25, 0.3) is 0 Å². The van der Waals surface area contributed by atoms with Gasteiger partial charge in [-0.1, -0.05) is 66.7 Å². The first-order valence-corrected chi connectivity index (χ1v) is 15.9. The number of hydrogen-bond donors (Lipinski definition) is 0. The van der Waals surface area contributed by atoms with Gasteiger partial charge < -0.3 is 18.9 Å². The maximum absolute atomic E-state index is 13.0. The van der Waals surface area contributed by atoms with E-state index >= 15 is 0 Å². The van der Waals surface area contributed by atoms with Crippen LogP contribution in [0.3, 0.4) is 0 Å². The molecule has 0 N–H and O–H groups in total. The van der Waals surface area contributed by atoms with Crippen molar-refractivity contribution in [2.24, 2.45) is 5.92 Å². The van der Waals surface area contributed by atoms with Crippen LogP contribution in [0.1, 0.15) is 68.2 Å². The standard InChI is InChI=1S/C38H41N3O4/c1-38(2,3)45-37(43)40-20-10-12-27(25-40)13-11-21-41-34-24-30-17-8-7-16-29(30)23-33(34)39-35(41)26-44-32-19-9-18-31(22-32)36(42)28-14-5-4-6-15-28/h4-9,14-19,22-24,27H,10-13,20-21,25-26H2,1-3H3. The van der Waals surface area contributed by atoms with Gasteiger partial charge in [-0.05, 0) is 87.4 Å². The number of carbonyl (C=O) groups excluding carboxylic acids is 2. The molecule has 1 saturated heterocycles. The second-order valence-corrected chi connectivity index (χ2v) is 13.0. The molecular formula is C38H41N3O4. The summed E-state index contributed by atoms with van der Waals surface area (Å²) in [5.74, 6) is 1.88. The topological polar surface area (TPSA) is 73.7 Å². The molecule has 1 amide bonds. The van der Waals surface area contributed by atoms with E-state index in [2.05, 4.69) is 34.9 Å². The minimum Gasteiger partial charge on any atom is -0.486 e. The summed E-state index contributed by atoms with van der Waals surface area (Å²) in [5.41, 5.74) is 2.77. The molecule has 6 rings (SSSR count). The molecule has 4 aromatic carbocycles. The number of rotatable bonds is 9. The second kappa shape index (κ2) is 13.1. The predicted molar refractivity (Wildman–Crippen MR) is 178 cm³/mol. The Bertz CT molecular complexity index is 1800. The molecule has 1 fully saturated rings. The Morgan fingerprint density at radius 3 is 2.40 bits per heavy atom. The zero-order chi connectivity index (χ0) is 31.4. The lowest BCUT2D eigenvalue weighted by Gasteiger charge is -2.34. The van der Waals surface area contributed by atoms with Crippen molar-refractivity contribution in [3.05, 3.63) is 108 Å². The average Bonchev–Trinajstić information content (AvgIpc) is 3.38. The first kappa shape index (κ1) is 30.4. The van der Waals surface area contributed by atoms with Crippen molar-refractivity contribution in [2.45, 2.75) is 65.2 Å². The van der Waals surface area contributed by atoms with E-state index in [0.29, 0.717) is 22.8 Å². The number of nitrogens with zero attached hydrogens (tertiary/aromatic N) is 3. The van der Waals surface area contributed by atoms with E-state index < -0.39 is 5.60 Å². The number of ether oxygens (including phenoxy) is 2. The monoisotopic (exact) mass is 603 g/mol. The molecule has 7 heteroatoms. The first-order valence-electron chi connectivity index (χ1n) is 15.9. The van der Waals surface area contributed by atoms with E-state index in [-0.39, 0.29) is 18.5 Å². The molecule has 1 atom stereocenters. The van der Waals surface area contributed by atoms with E-state index in [1.165, 1.54) is 5.39 Å². The van der Waals surface area contributed by atoms with Crippen molar-refractivity contribution in [3.8, 4) is 5.75 Å².